The van der Waals surface area contributed by atoms with Crippen LogP contribution >= 0.6 is 12.2 Å². The van der Waals surface area contributed by atoms with Gasteiger partial charge in [0.15, 0.2) is 0 Å². The number of aryl methyl sites for hydroxylation is 1. The van der Waals surface area contributed by atoms with E-state index in [1.165, 1.54) is 77.0 Å². The van der Waals surface area contributed by atoms with Gasteiger partial charge in [-0.3, -0.25) is 0 Å². The van der Waals surface area contributed by atoms with Crippen molar-refractivity contribution in [1.29, 1.82) is 0 Å². The van der Waals surface area contributed by atoms with E-state index in [0.29, 0.717) is 4.90 Å². The summed E-state index contributed by atoms with van der Waals surface area (Å²) >= 11 is 6.51. The van der Waals surface area contributed by atoms with Crippen LogP contribution in [0.15, 0.2) is 29.2 Å². The van der Waals surface area contributed by atoms with Crippen molar-refractivity contribution in [3.05, 3.63) is 29.8 Å². The van der Waals surface area contributed by atoms with Gasteiger partial charge in [-0.05, 0) is 137 Å². The normalized spacial score (nSPS) is 45.0. The van der Waals surface area contributed by atoms with Crippen molar-refractivity contribution in [3.63, 3.8) is 0 Å². The maximum absolute atomic E-state index is 13.8. The van der Waals surface area contributed by atoms with Gasteiger partial charge < -0.3 is 0 Å². The molecule has 34 heavy (non-hydrogen) atoms. The van der Waals surface area contributed by atoms with Crippen molar-refractivity contribution in [3.8, 4) is 0 Å². The van der Waals surface area contributed by atoms with Crippen LogP contribution in [-0.2, 0) is 10.0 Å². The summed E-state index contributed by atoms with van der Waals surface area (Å²) in [4.78, 5) is 1.50. The minimum Gasteiger partial charge on any atom is -0.207 e. The highest BCUT2D eigenvalue weighted by atomic mass is 32.2. The van der Waals surface area contributed by atoms with Crippen molar-refractivity contribution in [2.24, 2.45) is 46.3 Å². The Hall–Kier alpha value is -0.780. The Morgan fingerprint density at radius 3 is 1.65 bits per heavy atom. The smallest absolute Gasteiger partial charge is 0.207 e. The van der Waals surface area contributed by atoms with Crippen LogP contribution in [0.1, 0.15) is 82.6 Å². The van der Waals surface area contributed by atoms with Gasteiger partial charge in [0.1, 0.15) is 0 Å². The van der Waals surface area contributed by atoms with E-state index in [-0.39, 0.29) is 16.9 Å². The van der Waals surface area contributed by atoms with Gasteiger partial charge in [-0.2, -0.15) is 0 Å². The molecule has 3 nitrogen and oxygen atoms in total. The number of hydrogen-bond donors (Lipinski definition) is 1. The fraction of sp³-hybridized carbons (Fsp3) is 0.759. The molecule has 1 atom stereocenters. The number of rotatable bonds is 6. The average molecular weight is 498 g/mol. The highest BCUT2D eigenvalue weighted by molar-refractivity contribution is 7.89. The van der Waals surface area contributed by atoms with Crippen molar-refractivity contribution in [1.82, 2.24) is 4.72 Å². The lowest BCUT2D eigenvalue weighted by molar-refractivity contribution is -0.0635. The fourth-order valence-electron chi connectivity index (χ4n) is 10.6. The number of hydrogen-bond acceptors (Lipinski definition) is 3. The zero-order valence-electron chi connectivity index (χ0n) is 20.5. The first-order valence-electron chi connectivity index (χ1n) is 13.9. The first-order chi connectivity index (χ1) is 16.2. The van der Waals surface area contributed by atoms with Crippen LogP contribution in [0.2, 0.25) is 0 Å². The molecule has 0 aliphatic heterocycles. The van der Waals surface area contributed by atoms with Crippen molar-refractivity contribution in [2.45, 2.75) is 94.9 Å². The number of thiocarbonyl (C=S) groups is 1. The molecule has 0 aromatic heterocycles. The van der Waals surface area contributed by atoms with Gasteiger partial charge in [0.25, 0.3) is 0 Å². The lowest BCUT2D eigenvalue weighted by Crippen LogP contribution is -2.63. The Kier molecular flexibility index (Phi) is 5.02. The molecule has 0 spiro atoms. The van der Waals surface area contributed by atoms with Gasteiger partial charge in [0, 0.05) is 10.3 Å². The third-order valence-corrected chi connectivity index (χ3v) is 13.2. The van der Waals surface area contributed by atoms with E-state index in [4.69, 9.17) is 12.2 Å². The van der Waals surface area contributed by atoms with Crippen LogP contribution in [0.3, 0.4) is 0 Å². The maximum Gasteiger partial charge on any atom is 0.241 e. The van der Waals surface area contributed by atoms with Crippen LogP contribution in [0.5, 0.6) is 0 Å². The summed E-state index contributed by atoms with van der Waals surface area (Å²) in [6.45, 7) is 2.00. The van der Waals surface area contributed by atoms with E-state index in [1.54, 1.807) is 12.1 Å². The molecule has 0 radical (unpaired) electrons. The van der Waals surface area contributed by atoms with Gasteiger partial charge in [-0.1, -0.05) is 29.9 Å². The Balaban J connectivity index is 1.28. The summed E-state index contributed by atoms with van der Waals surface area (Å²) in [5.41, 5.74) is 1.21. The van der Waals surface area contributed by atoms with E-state index >= 15 is 0 Å². The third kappa shape index (κ3) is 3.50. The summed E-state index contributed by atoms with van der Waals surface area (Å²) in [5, 5.41) is 0. The maximum atomic E-state index is 13.8. The molecule has 0 saturated heterocycles. The van der Waals surface area contributed by atoms with E-state index in [1.807, 2.05) is 19.1 Å². The molecule has 8 fully saturated rings. The summed E-state index contributed by atoms with van der Waals surface area (Å²) in [7, 11) is -3.62. The van der Waals surface area contributed by atoms with E-state index in [9.17, 15) is 8.42 Å². The Morgan fingerprint density at radius 1 is 0.794 bits per heavy atom. The molecule has 8 bridgehead atoms. The minimum absolute atomic E-state index is 0.0347. The summed E-state index contributed by atoms with van der Waals surface area (Å²) in [5.74, 6) is 4.77. The van der Waals surface area contributed by atoms with E-state index < -0.39 is 10.0 Å². The van der Waals surface area contributed by atoms with Gasteiger partial charge in [0.05, 0.1) is 10.9 Å². The minimum atomic E-state index is -3.62. The highest BCUT2D eigenvalue weighted by Gasteiger charge is 2.60. The Labute approximate surface area is 210 Å². The molecule has 184 valence electrons. The zero-order valence-corrected chi connectivity index (χ0v) is 22.1. The highest BCUT2D eigenvalue weighted by Crippen LogP contribution is 2.65. The summed E-state index contributed by atoms with van der Waals surface area (Å²) < 4.78 is 31.0. The molecule has 0 heterocycles. The average Bonchev–Trinajstić information content (AvgIpc) is 2.75. The van der Waals surface area contributed by atoms with Crippen molar-refractivity contribution >= 4 is 27.1 Å². The second-order valence-corrected chi connectivity index (χ2v) is 15.9. The lowest BCUT2D eigenvalue weighted by atomic mass is 9.44. The largest absolute Gasteiger partial charge is 0.241 e. The van der Waals surface area contributed by atoms with Crippen LogP contribution in [0.4, 0.5) is 0 Å². The quantitative estimate of drug-likeness (QED) is 0.460. The first-order valence-corrected chi connectivity index (χ1v) is 15.7. The number of nitrogens with one attached hydrogen (secondary N) is 1. The Morgan fingerprint density at radius 2 is 1.21 bits per heavy atom. The summed E-state index contributed by atoms with van der Waals surface area (Å²) in [6, 6.07) is 7.17. The molecule has 1 aromatic rings. The molecule has 9 rings (SSSR count). The molecular weight excluding hydrogens is 458 g/mol. The van der Waals surface area contributed by atoms with Crippen LogP contribution in [0, 0.1) is 53.3 Å². The predicted octanol–water partition coefficient (Wildman–Crippen LogP) is 6.44. The first kappa shape index (κ1) is 22.4. The molecule has 1 N–H and O–H groups in total. The number of sulfonamides is 1. The van der Waals surface area contributed by atoms with Crippen LogP contribution in [0.25, 0.3) is 0 Å². The second-order valence-electron chi connectivity index (χ2n) is 13.7. The van der Waals surface area contributed by atoms with Gasteiger partial charge in [-0.15, -0.1) is 0 Å². The molecule has 8 saturated carbocycles. The summed E-state index contributed by atoms with van der Waals surface area (Å²) in [6.07, 6.45) is 15.4. The standard InChI is InChI=1S/C29H39NO2S2/c1-18-2-4-25(5-3-18)34(31,32)30-26(28-12-19-6-20(13-28)8-21(7-19)14-28)27(33)29-15-22-9-23(16-29)11-24(10-22)17-29/h2-5,19-24,26,30H,6-17H2,1H3. The van der Waals surface area contributed by atoms with E-state index in [0.717, 1.165) is 45.9 Å². The SMILES string of the molecule is Cc1ccc(S(=O)(=O)NC(C(=S)C23CC4CC(CC(C4)C2)C3)C23CC4CC(CC(C4)C2)C3)cc1. The molecule has 1 aromatic carbocycles. The van der Waals surface area contributed by atoms with Gasteiger partial charge >= 0.3 is 0 Å². The van der Waals surface area contributed by atoms with Crippen LogP contribution in [-0.4, -0.2) is 19.3 Å². The molecule has 8 aliphatic carbocycles. The molecule has 1 unspecified atom stereocenters. The third-order valence-electron chi connectivity index (χ3n) is 11.1. The molecule has 5 heteroatoms. The lowest BCUT2D eigenvalue weighted by Gasteiger charge is -2.63. The van der Waals surface area contributed by atoms with Gasteiger partial charge in [0.2, 0.25) is 10.0 Å². The topological polar surface area (TPSA) is 46.2 Å². The molecule has 8 aliphatic rings. The van der Waals surface area contributed by atoms with Gasteiger partial charge in [-0.25, -0.2) is 13.1 Å². The van der Waals surface area contributed by atoms with Crippen molar-refractivity contribution in [2.75, 3.05) is 0 Å². The molecular formula is C29H39NO2S2. The fourth-order valence-corrected chi connectivity index (χ4v) is 12.6. The number of benzene rings is 1. The van der Waals surface area contributed by atoms with Crippen molar-refractivity contribution < 1.29 is 8.42 Å². The predicted molar refractivity (Wildman–Crippen MR) is 139 cm³/mol. The van der Waals surface area contributed by atoms with E-state index in [2.05, 4.69) is 4.72 Å². The second kappa shape index (κ2) is 7.61. The Bertz CT molecular complexity index is 1030. The molecule has 0 amide bonds. The monoisotopic (exact) mass is 497 g/mol. The van der Waals surface area contributed by atoms with Crippen LogP contribution < -0.4 is 4.72 Å². The zero-order chi connectivity index (χ0) is 23.3.